The third-order valence-electron chi connectivity index (χ3n) is 3.88. The van der Waals surface area contributed by atoms with Gasteiger partial charge in [0.2, 0.25) is 5.91 Å². The summed E-state index contributed by atoms with van der Waals surface area (Å²) in [6.07, 6.45) is 4.01. The summed E-state index contributed by atoms with van der Waals surface area (Å²) in [5.41, 5.74) is 7.40. The highest BCUT2D eigenvalue weighted by Gasteiger charge is 2.39. The summed E-state index contributed by atoms with van der Waals surface area (Å²) in [6.45, 7) is 2.43. The van der Waals surface area contributed by atoms with Gasteiger partial charge in [-0.3, -0.25) is 4.79 Å². The van der Waals surface area contributed by atoms with Crippen molar-refractivity contribution in [2.75, 3.05) is 11.9 Å². The Kier molecular flexibility index (Phi) is 4.07. The summed E-state index contributed by atoms with van der Waals surface area (Å²) in [6, 6.07) is 5.90. The standard InChI is InChI=1S/C14H19BrN2O/c1-10-4-5-11(15)8-12(10)17-13(18)14(9-16)6-2-3-7-14/h4-5,8H,2-3,6-7,9,16H2,1H3,(H,17,18). The van der Waals surface area contributed by atoms with Gasteiger partial charge < -0.3 is 11.1 Å². The van der Waals surface area contributed by atoms with Crippen LogP contribution in [0.15, 0.2) is 22.7 Å². The van der Waals surface area contributed by atoms with E-state index in [2.05, 4.69) is 21.2 Å². The van der Waals surface area contributed by atoms with E-state index in [1.54, 1.807) is 0 Å². The first-order valence-electron chi connectivity index (χ1n) is 6.35. The Bertz CT molecular complexity index is 453. The van der Waals surface area contributed by atoms with Crippen molar-refractivity contribution in [3.05, 3.63) is 28.2 Å². The van der Waals surface area contributed by atoms with Crippen LogP contribution in [0.5, 0.6) is 0 Å². The van der Waals surface area contributed by atoms with Crippen molar-refractivity contribution in [1.29, 1.82) is 0 Å². The molecule has 0 atom stereocenters. The van der Waals surface area contributed by atoms with Gasteiger partial charge in [0.1, 0.15) is 0 Å². The molecule has 1 saturated carbocycles. The molecule has 1 amide bonds. The van der Waals surface area contributed by atoms with Crippen LogP contribution < -0.4 is 11.1 Å². The lowest BCUT2D eigenvalue weighted by molar-refractivity contribution is -0.124. The number of aryl methyl sites for hydroxylation is 1. The molecule has 0 bridgehead atoms. The molecule has 0 unspecified atom stereocenters. The normalized spacial score (nSPS) is 17.7. The second-order valence-corrected chi connectivity index (χ2v) is 6.02. The lowest BCUT2D eigenvalue weighted by atomic mass is 9.85. The van der Waals surface area contributed by atoms with Crippen molar-refractivity contribution in [2.24, 2.45) is 11.1 Å². The van der Waals surface area contributed by atoms with E-state index in [9.17, 15) is 4.79 Å². The van der Waals surface area contributed by atoms with Gasteiger partial charge in [0, 0.05) is 16.7 Å². The SMILES string of the molecule is Cc1ccc(Br)cc1NC(=O)C1(CN)CCCC1. The molecule has 1 aliphatic carbocycles. The molecule has 18 heavy (non-hydrogen) atoms. The number of hydrogen-bond donors (Lipinski definition) is 2. The first-order chi connectivity index (χ1) is 8.57. The van der Waals surface area contributed by atoms with Crippen LogP contribution in [0.1, 0.15) is 31.2 Å². The van der Waals surface area contributed by atoms with Crippen LogP contribution in [0.3, 0.4) is 0 Å². The van der Waals surface area contributed by atoms with Crippen LogP contribution in [-0.4, -0.2) is 12.5 Å². The van der Waals surface area contributed by atoms with E-state index in [1.165, 1.54) is 0 Å². The second-order valence-electron chi connectivity index (χ2n) is 5.10. The van der Waals surface area contributed by atoms with Gasteiger partial charge in [-0.05, 0) is 37.5 Å². The molecule has 1 fully saturated rings. The maximum Gasteiger partial charge on any atom is 0.231 e. The second kappa shape index (κ2) is 5.41. The van der Waals surface area contributed by atoms with Gasteiger partial charge in [-0.1, -0.05) is 34.8 Å². The molecule has 0 aliphatic heterocycles. The highest BCUT2D eigenvalue weighted by Crippen LogP contribution is 2.38. The molecular formula is C14H19BrN2O. The lowest BCUT2D eigenvalue weighted by Crippen LogP contribution is -2.40. The number of nitrogens with two attached hydrogens (primary N) is 1. The minimum atomic E-state index is -0.352. The smallest absolute Gasteiger partial charge is 0.231 e. The van der Waals surface area contributed by atoms with Crippen molar-refractivity contribution in [1.82, 2.24) is 0 Å². The Morgan fingerprint density at radius 3 is 2.72 bits per heavy atom. The Hall–Kier alpha value is -0.870. The van der Waals surface area contributed by atoms with Gasteiger partial charge in [-0.2, -0.15) is 0 Å². The lowest BCUT2D eigenvalue weighted by Gasteiger charge is -2.26. The molecule has 0 saturated heterocycles. The molecule has 0 heterocycles. The predicted molar refractivity (Wildman–Crippen MR) is 77.5 cm³/mol. The fourth-order valence-electron chi connectivity index (χ4n) is 2.56. The summed E-state index contributed by atoms with van der Waals surface area (Å²) < 4.78 is 0.969. The number of benzene rings is 1. The molecule has 3 nitrogen and oxygen atoms in total. The molecule has 4 heteroatoms. The van der Waals surface area contributed by atoms with Crippen molar-refractivity contribution < 1.29 is 4.79 Å². The van der Waals surface area contributed by atoms with Crippen LogP contribution in [0.25, 0.3) is 0 Å². The molecular weight excluding hydrogens is 292 g/mol. The molecule has 98 valence electrons. The minimum Gasteiger partial charge on any atom is -0.329 e. The number of amides is 1. The maximum atomic E-state index is 12.4. The summed E-state index contributed by atoms with van der Waals surface area (Å²) >= 11 is 3.42. The van der Waals surface area contributed by atoms with Gasteiger partial charge in [-0.25, -0.2) is 0 Å². The zero-order valence-corrected chi connectivity index (χ0v) is 12.2. The first-order valence-corrected chi connectivity index (χ1v) is 7.14. The van der Waals surface area contributed by atoms with Crippen molar-refractivity contribution in [3.63, 3.8) is 0 Å². The predicted octanol–water partition coefficient (Wildman–Crippen LogP) is 3.22. The van der Waals surface area contributed by atoms with Gasteiger partial charge in [-0.15, -0.1) is 0 Å². The largest absolute Gasteiger partial charge is 0.329 e. The molecule has 0 aromatic heterocycles. The fraction of sp³-hybridized carbons (Fsp3) is 0.500. The third-order valence-corrected chi connectivity index (χ3v) is 4.37. The van der Waals surface area contributed by atoms with E-state index in [1.807, 2.05) is 25.1 Å². The van der Waals surface area contributed by atoms with Crippen LogP contribution in [-0.2, 0) is 4.79 Å². The van der Waals surface area contributed by atoms with Crippen LogP contribution in [0.4, 0.5) is 5.69 Å². The highest BCUT2D eigenvalue weighted by molar-refractivity contribution is 9.10. The van der Waals surface area contributed by atoms with Gasteiger partial charge in [0.05, 0.1) is 5.41 Å². The minimum absolute atomic E-state index is 0.0729. The molecule has 2 rings (SSSR count). The molecule has 0 radical (unpaired) electrons. The first kappa shape index (κ1) is 13.6. The van der Waals surface area contributed by atoms with Crippen molar-refractivity contribution in [3.8, 4) is 0 Å². The van der Waals surface area contributed by atoms with E-state index in [0.29, 0.717) is 6.54 Å². The molecule has 1 aromatic rings. The molecule has 0 spiro atoms. The van der Waals surface area contributed by atoms with Crippen molar-refractivity contribution in [2.45, 2.75) is 32.6 Å². The Morgan fingerprint density at radius 2 is 2.11 bits per heavy atom. The Balaban J connectivity index is 2.18. The number of hydrogen-bond acceptors (Lipinski definition) is 2. The van der Waals surface area contributed by atoms with E-state index in [4.69, 9.17) is 5.73 Å². The van der Waals surface area contributed by atoms with Gasteiger partial charge in [0.25, 0.3) is 0 Å². The summed E-state index contributed by atoms with van der Waals surface area (Å²) in [5, 5.41) is 3.04. The molecule has 3 N–H and O–H groups in total. The number of halogens is 1. The van der Waals surface area contributed by atoms with Crippen LogP contribution in [0, 0.1) is 12.3 Å². The number of anilines is 1. The maximum absolute atomic E-state index is 12.4. The Morgan fingerprint density at radius 1 is 1.44 bits per heavy atom. The fourth-order valence-corrected chi connectivity index (χ4v) is 2.92. The highest BCUT2D eigenvalue weighted by atomic mass is 79.9. The van der Waals surface area contributed by atoms with E-state index in [0.717, 1.165) is 41.4 Å². The van der Waals surface area contributed by atoms with Gasteiger partial charge >= 0.3 is 0 Å². The van der Waals surface area contributed by atoms with E-state index in [-0.39, 0.29) is 11.3 Å². The third kappa shape index (κ3) is 2.59. The number of carbonyl (C=O) groups is 1. The van der Waals surface area contributed by atoms with Gasteiger partial charge in [0.15, 0.2) is 0 Å². The summed E-state index contributed by atoms with van der Waals surface area (Å²) in [7, 11) is 0. The summed E-state index contributed by atoms with van der Waals surface area (Å²) in [5.74, 6) is 0.0729. The zero-order valence-electron chi connectivity index (χ0n) is 10.6. The zero-order chi connectivity index (χ0) is 13.2. The summed E-state index contributed by atoms with van der Waals surface area (Å²) in [4.78, 5) is 12.4. The molecule has 1 aliphatic rings. The number of rotatable bonds is 3. The van der Waals surface area contributed by atoms with Crippen LogP contribution >= 0.6 is 15.9 Å². The monoisotopic (exact) mass is 310 g/mol. The quantitative estimate of drug-likeness (QED) is 0.900. The van der Waals surface area contributed by atoms with Crippen molar-refractivity contribution >= 4 is 27.5 Å². The topological polar surface area (TPSA) is 55.1 Å². The van der Waals surface area contributed by atoms with E-state index < -0.39 is 0 Å². The number of nitrogens with one attached hydrogen (secondary N) is 1. The van der Waals surface area contributed by atoms with Crippen LogP contribution in [0.2, 0.25) is 0 Å². The number of carbonyl (C=O) groups excluding carboxylic acids is 1. The average Bonchev–Trinajstić information content (AvgIpc) is 2.84. The average molecular weight is 311 g/mol. The van der Waals surface area contributed by atoms with E-state index >= 15 is 0 Å². The molecule has 1 aromatic carbocycles. The Labute approximate surface area is 116 Å².